The van der Waals surface area contributed by atoms with E-state index in [9.17, 15) is 5.11 Å². The molecule has 1 aromatic heterocycles. The Kier molecular flexibility index (Phi) is 5.32. The van der Waals surface area contributed by atoms with Crippen LogP contribution in [-0.2, 0) is 19.5 Å². The van der Waals surface area contributed by atoms with Crippen molar-refractivity contribution in [3.05, 3.63) is 53.3 Å². The van der Waals surface area contributed by atoms with Crippen molar-refractivity contribution in [2.24, 2.45) is 0 Å². The van der Waals surface area contributed by atoms with Gasteiger partial charge < -0.3 is 10.4 Å². The van der Waals surface area contributed by atoms with Crippen molar-refractivity contribution >= 4 is 0 Å². The van der Waals surface area contributed by atoms with Crippen LogP contribution in [0.3, 0.4) is 0 Å². The molecule has 0 aliphatic heterocycles. The molecule has 0 amide bonds. The van der Waals surface area contributed by atoms with Crippen molar-refractivity contribution in [3.8, 4) is 0 Å². The second-order valence-electron chi connectivity index (χ2n) is 5.04. The van der Waals surface area contributed by atoms with Crippen molar-refractivity contribution in [1.82, 2.24) is 15.1 Å². The SMILES string of the molecule is CCn1nc(C)cc1CNC(CO)Cc1ccccc1. The van der Waals surface area contributed by atoms with E-state index in [0.717, 1.165) is 30.9 Å². The van der Waals surface area contributed by atoms with Gasteiger partial charge in [-0.25, -0.2) is 0 Å². The molecule has 4 heteroatoms. The number of hydrogen-bond donors (Lipinski definition) is 2. The minimum atomic E-state index is 0.0675. The highest BCUT2D eigenvalue weighted by atomic mass is 16.3. The van der Waals surface area contributed by atoms with Crippen molar-refractivity contribution in [2.45, 2.75) is 39.4 Å². The van der Waals surface area contributed by atoms with E-state index in [1.807, 2.05) is 29.8 Å². The smallest absolute Gasteiger partial charge is 0.0597 e. The van der Waals surface area contributed by atoms with Crippen LogP contribution in [0.4, 0.5) is 0 Å². The van der Waals surface area contributed by atoms with Gasteiger partial charge in [0.15, 0.2) is 0 Å². The third-order valence-corrected chi connectivity index (χ3v) is 3.40. The minimum Gasteiger partial charge on any atom is -0.395 e. The average Bonchev–Trinajstić information content (AvgIpc) is 2.84. The zero-order valence-electron chi connectivity index (χ0n) is 12.2. The molecule has 1 aromatic carbocycles. The first-order valence-electron chi connectivity index (χ1n) is 7.14. The first-order valence-corrected chi connectivity index (χ1v) is 7.14. The monoisotopic (exact) mass is 273 g/mol. The lowest BCUT2D eigenvalue weighted by Gasteiger charge is -2.16. The number of benzene rings is 1. The minimum absolute atomic E-state index is 0.0675. The van der Waals surface area contributed by atoms with Crippen LogP contribution in [-0.4, -0.2) is 27.5 Å². The fourth-order valence-corrected chi connectivity index (χ4v) is 2.36. The van der Waals surface area contributed by atoms with Crippen molar-refractivity contribution in [1.29, 1.82) is 0 Å². The molecule has 4 nitrogen and oxygen atoms in total. The number of hydrogen-bond acceptors (Lipinski definition) is 3. The highest BCUT2D eigenvalue weighted by molar-refractivity contribution is 5.16. The van der Waals surface area contributed by atoms with E-state index >= 15 is 0 Å². The summed E-state index contributed by atoms with van der Waals surface area (Å²) in [6.07, 6.45) is 0.830. The first kappa shape index (κ1) is 14.8. The van der Waals surface area contributed by atoms with Gasteiger partial charge in [0, 0.05) is 19.1 Å². The van der Waals surface area contributed by atoms with E-state index < -0.39 is 0 Å². The molecule has 0 radical (unpaired) electrons. The zero-order valence-corrected chi connectivity index (χ0v) is 12.2. The summed E-state index contributed by atoms with van der Waals surface area (Å²) < 4.78 is 2.00. The van der Waals surface area contributed by atoms with Gasteiger partial charge in [0.25, 0.3) is 0 Å². The number of aromatic nitrogens is 2. The zero-order chi connectivity index (χ0) is 14.4. The molecule has 0 bridgehead atoms. The van der Waals surface area contributed by atoms with Gasteiger partial charge in [-0.15, -0.1) is 0 Å². The Bertz CT molecular complexity index is 522. The highest BCUT2D eigenvalue weighted by Gasteiger charge is 2.10. The highest BCUT2D eigenvalue weighted by Crippen LogP contribution is 2.06. The molecule has 2 aromatic rings. The quantitative estimate of drug-likeness (QED) is 0.810. The van der Waals surface area contributed by atoms with Crippen LogP contribution < -0.4 is 5.32 Å². The van der Waals surface area contributed by atoms with Crippen LogP contribution in [0.25, 0.3) is 0 Å². The Morgan fingerprint density at radius 2 is 2.05 bits per heavy atom. The molecule has 1 atom stereocenters. The first-order chi connectivity index (χ1) is 9.72. The molecule has 1 unspecified atom stereocenters. The van der Waals surface area contributed by atoms with E-state index in [2.05, 4.69) is 35.5 Å². The maximum Gasteiger partial charge on any atom is 0.0597 e. The lowest BCUT2D eigenvalue weighted by atomic mass is 10.1. The Hall–Kier alpha value is -1.65. The lowest BCUT2D eigenvalue weighted by molar-refractivity contribution is 0.240. The Labute approximate surface area is 120 Å². The maximum atomic E-state index is 9.51. The fourth-order valence-electron chi connectivity index (χ4n) is 2.36. The molecule has 1 heterocycles. The molecule has 0 saturated carbocycles. The van der Waals surface area contributed by atoms with Crippen LogP contribution in [0.2, 0.25) is 0 Å². The molecule has 0 fully saturated rings. The topological polar surface area (TPSA) is 50.1 Å². The molecule has 0 aliphatic carbocycles. The molecule has 2 rings (SSSR count). The van der Waals surface area contributed by atoms with E-state index in [1.54, 1.807) is 0 Å². The summed E-state index contributed by atoms with van der Waals surface area (Å²) in [6, 6.07) is 12.4. The number of aliphatic hydroxyl groups is 1. The lowest BCUT2D eigenvalue weighted by Crippen LogP contribution is -2.34. The molecule has 2 N–H and O–H groups in total. The number of aryl methyl sites for hydroxylation is 2. The predicted octanol–water partition coefficient (Wildman–Crippen LogP) is 1.90. The Morgan fingerprint density at radius 1 is 1.30 bits per heavy atom. The summed E-state index contributed by atoms with van der Waals surface area (Å²) in [5.41, 5.74) is 3.43. The Balaban J connectivity index is 1.93. The van der Waals surface area contributed by atoms with Gasteiger partial charge in [-0.1, -0.05) is 30.3 Å². The van der Waals surface area contributed by atoms with Gasteiger partial charge in [0.05, 0.1) is 18.0 Å². The van der Waals surface area contributed by atoms with Crippen LogP contribution >= 0.6 is 0 Å². The predicted molar refractivity (Wildman–Crippen MR) is 80.5 cm³/mol. The summed E-state index contributed by atoms with van der Waals surface area (Å²) in [7, 11) is 0. The van der Waals surface area contributed by atoms with Crippen LogP contribution in [0, 0.1) is 6.92 Å². The summed E-state index contributed by atoms with van der Waals surface area (Å²) in [6.45, 7) is 5.82. The molecular weight excluding hydrogens is 250 g/mol. The normalized spacial score (nSPS) is 12.6. The van der Waals surface area contributed by atoms with Gasteiger partial charge in [-0.2, -0.15) is 5.10 Å². The fraction of sp³-hybridized carbons (Fsp3) is 0.438. The molecule has 0 aliphatic rings. The van der Waals surface area contributed by atoms with Crippen molar-refractivity contribution < 1.29 is 5.11 Å². The molecular formula is C16H23N3O. The molecule has 0 spiro atoms. The van der Waals surface area contributed by atoms with Crippen LogP contribution in [0.5, 0.6) is 0 Å². The molecule has 108 valence electrons. The summed E-state index contributed by atoms with van der Waals surface area (Å²) in [5.74, 6) is 0. The van der Waals surface area contributed by atoms with E-state index in [-0.39, 0.29) is 12.6 Å². The number of aliphatic hydroxyl groups excluding tert-OH is 1. The third kappa shape index (κ3) is 3.92. The van der Waals surface area contributed by atoms with Gasteiger partial charge in [0.1, 0.15) is 0 Å². The summed E-state index contributed by atoms with van der Waals surface area (Å²) in [4.78, 5) is 0. The van der Waals surface area contributed by atoms with Crippen molar-refractivity contribution in [3.63, 3.8) is 0 Å². The van der Waals surface area contributed by atoms with Gasteiger partial charge in [-0.05, 0) is 31.9 Å². The number of nitrogens with zero attached hydrogens (tertiary/aromatic N) is 2. The van der Waals surface area contributed by atoms with E-state index in [1.165, 1.54) is 5.56 Å². The summed E-state index contributed by atoms with van der Waals surface area (Å²) in [5, 5.41) is 17.4. The van der Waals surface area contributed by atoms with Gasteiger partial charge in [0.2, 0.25) is 0 Å². The van der Waals surface area contributed by atoms with E-state index in [4.69, 9.17) is 0 Å². The average molecular weight is 273 g/mol. The second kappa shape index (κ2) is 7.22. The van der Waals surface area contributed by atoms with Crippen LogP contribution in [0.1, 0.15) is 23.9 Å². The molecule has 0 saturated heterocycles. The van der Waals surface area contributed by atoms with Gasteiger partial charge in [-0.3, -0.25) is 4.68 Å². The molecule has 20 heavy (non-hydrogen) atoms. The Morgan fingerprint density at radius 3 is 2.70 bits per heavy atom. The summed E-state index contributed by atoms with van der Waals surface area (Å²) >= 11 is 0. The number of nitrogens with one attached hydrogen (secondary N) is 1. The van der Waals surface area contributed by atoms with Gasteiger partial charge >= 0.3 is 0 Å². The van der Waals surface area contributed by atoms with Crippen LogP contribution in [0.15, 0.2) is 36.4 Å². The number of rotatable bonds is 7. The maximum absolute atomic E-state index is 9.51. The van der Waals surface area contributed by atoms with Crippen molar-refractivity contribution in [2.75, 3.05) is 6.61 Å². The largest absolute Gasteiger partial charge is 0.395 e. The second-order valence-corrected chi connectivity index (χ2v) is 5.04. The third-order valence-electron chi connectivity index (χ3n) is 3.40. The van der Waals surface area contributed by atoms with E-state index in [0.29, 0.717) is 0 Å². The standard InChI is InChI=1S/C16H23N3O/c1-3-19-16(9-13(2)18-19)11-17-15(12-20)10-14-7-5-4-6-8-14/h4-9,15,17,20H,3,10-12H2,1-2H3.